The molecule has 164 valence electrons. The van der Waals surface area contributed by atoms with Crippen LogP contribution in [0.15, 0.2) is 52.9 Å². The van der Waals surface area contributed by atoms with Gasteiger partial charge in [0.25, 0.3) is 11.8 Å². The second-order valence-corrected chi connectivity index (χ2v) is 7.76. The maximum atomic E-state index is 12.9. The van der Waals surface area contributed by atoms with Crippen molar-refractivity contribution >= 4 is 29.3 Å². The summed E-state index contributed by atoms with van der Waals surface area (Å²) in [5.74, 6) is -0.396. The molecule has 2 heterocycles. The minimum absolute atomic E-state index is 0.0109. The molecule has 0 N–H and O–H groups in total. The van der Waals surface area contributed by atoms with E-state index in [-0.39, 0.29) is 49.0 Å². The van der Waals surface area contributed by atoms with Crippen LogP contribution < -0.4 is 0 Å². The van der Waals surface area contributed by atoms with E-state index < -0.39 is 0 Å². The van der Waals surface area contributed by atoms with Crippen LogP contribution in [0.1, 0.15) is 46.4 Å². The summed E-state index contributed by atoms with van der Waals surface area (Å²) in [6.45, 7) is 2.57. The van der Waals surface area contributed by atoms with Crippen molar-refractivity contribution in [2.24, 2.45) is 0 Å². The van der Waals surface area contributed by atoms with Gasteiger partial charge in [0.05, 0.1) is 28.3 Å². The quantitative estimate of drug-likeness (QED) is 0.482. The van der Waals surface area contributed by atoms with Gasteiger partial charge in [0.15, 0.2) is 0 Å². The van der Waals surface area contributed by atoms with Crippen molar-refractivity contribution in [3.8, 4) is 11.5 Å². The van der Waals surface area contributed by atoms with Crippen LogP contribution in [0.4, 0.5) is 0 Å². The van der Waals surface area contributed by atoms with E-state index in [1.807, 2.05) is 13.0 Å². The Bertz CT molecular complexity index is 1140. The van der Waals surface area contributed by atoms with Gasteiger partial charge < -0.3 is 9.32 Å². The predicted octanol–water partition coefficient (Wildman–Crippen LogP) is 3.81. The number of amides is 3. The van der Waals surface area contributed by atoms with Crippen molar-refractivity contribution < 1.29 is 18.8 Å². The van der Waals surface area contributed by atoms with E-state index in [1.54, 1.807) is 47.4 Å². The fourth-order valence-electron chi connectivity index (χ4n) is 3.59. The molecular formula is C23H21ClN4O4. The van der Waals surface area contributed by atoms with Gasteiger partial charge in [-0.1, -0.05) is 42.8 Å². The molecule has 0 fully saturated rings. The highest BCUT2D eigenvalue weighted by Crippen LogP contribution is 2.27. The van der Waals surface area contributed by atoms with E-state index in [0.717, 1.165) is 11.3 Å². The second kappa shape index (κ2) is 9.32. The van der Waals surface area contributed by atoms with Crippen LogP contribution >= 0.6 is 11.6 Å². The van der Waals surface area contributed by atoms with Crippen LogP contribution in [0.3, 0.4) is 0 Å². The second-order valence-electron chi connectivity index (χ2n) is 7.35. The lowest BCUT2D eigenvalue weighted by molar-refractivity contribution is -0.132. The number of imide groups is 1. The lowest BCUT2D eigenvalue weighted by atomic mass is 10.1. The smallest absolute Gasteiger partial charge is 0.261 e. The molecule has 0 unspecified atom stereocenters. The average Bonchev–Trinajstić information content (AvgIpc) is 3.35. The number of nitrogens with zero attached hydrogens (tertiary/aromatic N) is 4. The molecule has 32 heavy (non-hydrogen) atoms. The van der Waals surface area contributed by atoms with Crippen molar-refractivity contribution in [3.05, 3.63) is 70.6 Å². The molecule has 1 aromatic heterocycles. The van der Waals surface area contributed by atoms with Crippen molar-refractivity contribution in [2.75, 3.05) is 13.1 Å². The number of fused-ring (bicyclic) bond motifs is 1. The predicted molar refractivity (Wildman–Crippen MR) is 117 cm³/mol. The largest absolute Gasteiger partial charge is 0.419 e. The van der Waals surface area contributed by atoms with Crippen LogP contribution in [0, 0.1) is 0 Å². The van der Waals surface area contributed by atoms with Crippen LogP contribution in [0.25, 0.3) is 11.5 Å². The molecular weight excluding hydrogens is 432 g/mol. The summed E-state index contributed by atoms with van der Waals surface area (Å²) in [4.78, 5) is 40.6. The number of benzene rings is 2. The molecule has 0 atom stereocenters. The molecule has 3 amide bonds. The zero-order valence-electron chi connectivity index (χ0n) is 17.5. The molecule has 8 nitrogen and oxygen atoms in total. The van der Waals surface area contributed by atoms with Gasteiger partial charge in [-0.25, -0.2) is 0 Å². The molecule has 9 heteroatoms. The number of halogens is 1. The monoisotopic (exact) mass is 452 g/mol. The summed E-state index contributed by atoms with van der Waals surface area (Å²) in [5.41, 5.74) is 1.36. The average molecular weight is 453 g/mol. The zero-order chi connectivity index (χ0) is 22.7. The normalized spacial score (nSPS) is 12.9. The molecule has 0 radical (unpaired) electrons. The Morgan fingerprint density at radius 3 is 2.25 bits per heavy atom. The van der Waals surface area contributed by atoms with Crippen molar-refractivity contribution in [1.29, 1.82) is 0 Å². The minimum Gasteiger partial charge on any atom is -0.419 e. The standard InChI is InChI=1S/C23H21ClN4O4/c1-2-12-27(14-19-25-26-21(32-19)17-9-5-6-10-18(17)24)20(29)11-13-28-22(30)15-7-3-4-8-16(15)23(28)31/h3-10H,2,11-14H2,1H3. The molecule has 0 saturated heterocycles. The maximum absolute atomic E-state index is 12.9. The lowest BCUT2D eigenvalue weighted by Crippen LogP contribution is -2.37. The fourth-order valence-corrected chi connectivity index (χ4v) is 3.81. The van der Waals surface area contributed by atoms with Crippen LogP contribution in [-0.4, -0.2) is 50.8 Å². The molecule has 4 rings (SSSR count). The lowest BCUT2D eigenvalue weighted by Gasteiger charge is -2.21. The molecule has 1 aliphatic rings. The highest BCUT2D eigenvalue weighted by Gasteiger charge is 2.35. The Hall–Kier alpha value is -3.52. The van der Waals surface area contributed by atoms with Crippen LogP contribution in [-0.2, 0) is 11.3 Å². The first kappa shape index (κ1) is 21.7. The Balaban J connectivity index is 1.41. The topological polar surface area (TPSA) is 96.6 Å². The summed E-state index contributed by atoms with van der Waals surface area (Å²) in [6, 6.07) is 13.8. The Morgan fingerprint density at radius 1 is 1.00 bits per heavy atom. The van der Waals surface area contributed by atoms with Crippen molar-refractivity contribution in [2.45, 2.75) is 26.3 Å². The van der Waals surface area contributed by atoms with E-state index in [1.165, 1.54) is 0 Å². The summed E-state index contributed by atoms with van der Waals surface area (Å²) in [7, 11) is 0. The number of hydrogen-bond donors (Lipinski definition) is 0. The van der Waals surface area contributed by atoms with Gasteiger partial charge in [0, 0.05) is 19.5 Å². The minimum atomic E-state index is -0.373. The van der Waals surface area contributed by atoms with Gasteiger partial charge in [-0.2, -0.15) is 0 Å². The van der Waals surface area contributed by atoms with Gasteiger partial charge in [0.1, 0.15) is 0 Å². The fraction of sp³-hybridized carbons (Fsp3) is 0.261. The SMILES string of the molecule is CCCN(Cc1nnc(-c2ccccc2Cl)o1)C(=O)CCN1C(=O)c2ccccc2C1=O. The third-order valence-corrected chi connectivity index (χ3v) is 5.50. The maximum Gasteiger partial charge on any atom is 0.261 e. The van der Waals surface area contributed by atoms with E-state index in [9.17, 15) is 14.4 Å². The summed E-state index contributed by atoms with van der Waals surface area (Å²) < 4.78 is 5.71. The van der Waals surface area contributed by atoms with E-state index in [2.05, 4.69) is 10.2 Å². The first-order chi connectivity index (χ1) is 15.5. The van der Waals surface area contributed by atoms with E-state index >= 15 is 0 Å². The Kier molecular flexibility index (Phi) is 6.32. The third-order valence-electron chi connectivity index (χ3n) is 5.17. The molecule has 0 aliphatic carbocycles. The number of aromatic nitrogens is 2. The van der Waals surface area contributed by atoms with Gasteiger partial charge in [0.2, 0.25) is 17.7 Å². The highest BCUT2D eigenvalue weighted by molar-refractivity contribution is 6.33. The number of rotatable bonds is 8. The van der Waals surface area contributed by atoms with Crippen molar-refractivity contribution in [3.63, 3.8) is 0 Å². The molecule has 1 aliphatic heterocycles. The third kappa shape index (κ3) is 4.27. The molecule has 0 spiro atoms. The first-order valence-electron chi connectivity index (χ1n) is 10.3. The Morgan fingerprint density at radius 2 is 1.62 bits per heavy atom. The highest BCUT2D eigenvalue weighted by atomic mass is 35.5. The number of carbonyl (C=O) groups is 3. The Labute approximate surface area is 189 Å². The van der Waals surface area contributed by atoms with Crippen molar-refractivity contribution in [1.82, 2.24) is 20.0 Å². The van der Waals surface area contributed by atoms with E-state index in [0.29, 0.717) is 28.3 Å². The van der Waals surface area contributed by atoms with E-state index in [4.69, 9.17) is 16.0 Å². The number of hydrogen-bond acceptors (Lipinski definition) is 6. The molecule has 0 saturated carbocycles. The zero-order valence-corrected chi connectivity index (χ0v) is 18.2. The summed E-state index contributed by atoms with van der Waals surface area (Å²) in [5, 5.41) is 8.56. The molecule has 3 aromatic rings. The number of carbonyl (C=O) groups excluding carboxylic acids is 3. The van der Waals surface area contributed by atoms with Gasteiger partial charge in [-0.05, 0) is 30.7 Å². The van der Waals surface area contributed by atoms with Gasteiger partial charge in [-0.3, -0.25) is 19.3 Å². The van der Waals surface area contributed by atoms with Gasteiger partial charge >= 0.3 is 0 Å². The first-order valence-corrected chi connectivity index (χ1v) is 10.7. The van der Waals surface area contributed by atoms with Gasteiger partial charge in [-0.15, -0.1) is 10.2 Å². The van der Waals surface area contributed by atoms with Crippen LogP contribution in [0.2, 0.25) is 5.02 Å². The van der Waals surface area contributed by atoms with Crippen LogP contribution in [0.5, 0.6) is 0 Å². The summed E-state index contributed by atoms with van der Waals surface area (Å²) in [6.07, 6.45) is 0.737. The summed E-state index contributed by atoms with van der Waals surface area (Å²) >= 11 is 6.18. The molecule has 2 aromatic carbocycles. The molecule has 0 bridgehead atoms.